The summed E-state index contributed by atoms with van der Waals surface area (Å²) in [5.74, 6) is 0. The van der Waals surface area contributed by atoms with E-state index >= 15 is 0 Å². The Labute approximate surface area is 89.8 Å². The molecule has 0 N–H and O–H groups in total. The van der Waals surface area contributed by atoms with Gasteiger partial charge in [-0.1, -0.05) is 12.8 Å². The number of hydrogen-bond donors (Lipinski definition) is 0. The van der Waals surface area contributed by atoms with Crippen molar-refractivity contribution in [3.63, 3.8) is 0 Å². The minimum atomic E-state index is -4.24. The second kappa shape index (κ2) is 6.32. The van der Waals surface area contributed by atoms with Gasteiger partial charge in [0.05, 0.1) is 0 Å². The molecule has 0 aliphatic carbocycles. The normalized spacial score (nSPS) is 15.2. The molecule has 0 spiro atoms. The summed E-state index contributed by atoms with van der Waals surface area (Å²) in [7, 11) is 0.677. The van der Waals surface area contributed by atoms with Crippen molar-refractivity contribution in [2.75, 3.05) is 7.11 Å². The maximum atomic E-state index is 12.7. The lowest BCUT2D eigenvalue weighted by Gasteiger charge is -2.18. The molecule has 0 bridgehead atoms. The Balaban J connectivity index is 3.60. The van der Waals surface area contributed by atoms with Crippen LogP contribution in [0.4, 0.5) is 26.3 Å². The van der Waals surface area contributed by atoms with Crippen LogP contribution in [-0.4, -0.2) is 25.6 Å². The Kier molecular flexibility index (Phi) is 6.14. The summed E-state index contributed by atoms with van der Waals surface area (Å²) in [4.78, 5) is 0. The topological polar surface area (TPSA) is 9.23 Å². The molecular weight excluding hydrogens is 238 g/mol. The smallest absolute Gasteiger partial charge is 0.322 e. The second-order valence-electron chi connectivity index (χ2n) is 3.45. The number of rotatable bonds is 7. The van der Waals surface area contributed by atoms with Crippen LogP contribution in [0, 0.1) is 0 Å². The van der Waals surface area contributed by atoms with Gasteiger partial charge in [0.15, 0.2) is 6.17 Å². The largest absolute Gasteiger partial charge is 0.389 e. The molecule has 0 aliphatic rings. The van der Waals surface area contributed by atoms with Gasteiger partial charge in [-0.25, -0.2) is 4.39 Å². The van der Waals surface area contributed by atoms with E-state index in [1.807, 2.05) is 0 Å². The molecular formula is C9H14F6O. The second-order valence-corrected chi connectivity index (χ2v) is 3.45. The van der Waals surface area contributed by atoms with Gasteiger partial charge in [-0.2, -0.15) is 22.0 Å². The van der Waals surface area contributed by atoms with Crippen LogP contribution in [0.2, 0.25) is 0 Å². The first-order chi connectivity index (χ1) is 7.19. The first kappa shape index (κ1) is 15.5. The van der Waals surface area contributed by atoms with Crippen molar-refractivity contribution >= 4 is 0 Å². The summed E-state index contributed by atoms with van der Waals surface area (Å²) in [5, 5.41) is 0. The number of unbranched alkanes of at least 4 members (excludes halogenated alkanes) is 2. The quantitative estimate of drug-likeness (QED) is 0.490. The fraction of sp³-hybridized carbons (Fsp3) is 1.00. The summed E-state index contributed by atoms with van der Waals surface area (Å²) in [5.41, 5.74) is 0. The van der Waals surface area contributed by atoms with Gasteiger partial charge in [0.25, 0.3) is 0 Å². The molecule has 0 radical (unpaired) electrons. The van der Waals surface area contributed by atoms with Gasteiger partial charge >= 0.3 is 12.3 Å². The zero-order valence-corrected chi connectivity index (χ0v) is 8.79. The van der Waals surface area contributed by atoms with Crippen molar-refractivity contribution in [1.29, 1.82) is 0 Å². The Morgan fingerprint density at radius 2 is 1.56 bits per heavy atom. The van der Waals surface area contributed by atoms with Gasteiger partial charge < -0.3 is 4.74 Å². The standard InChI is InChI=1S/C9H14F6O/c1-16-9(14,15)7(10)5-3-2-4-6-8(11,12)13/h7H,2-6H2,1H3. The van der Waals surface area contributed by atoms with E-state index in [2.05, 4.69) is 4.74 Å². The van der Waals surface area contributed by atoms with Crippen LogP contribution >= 0.6 is 0 Å². The lowest BCUT2D eigenvalue weighted by atomic mass is 10.1. The van der Waals surface area contributed by atoms with E-state index in [4.69, 9.17) is 0 Å². The molecule has 0 amide bonds. The Morgan fingerprint density at radius 1 is 1.00 bits per heavy atom. The van der Waals surface area contributed by atoms with Crippen molar-refractivity contribution in [2.24, 2.45) is 0 Å². The predicted molar refractivity (Wildman–Crippen MR) is 46.0 cm³/mol. The van der Waals surface area contributed by atoms with Gasteiger partial charge in [-0.15, -0.1) is 0 Å². The summed E-state index contributed by atoms with van der Waals surface area (Å²) in [6.45, 7) is 0. The van der Waals surface area contributed by atoms with Crippen LogP contribution in [0.5, 0.6) is 0 Å². The fourth-order valence-corrected chi connectivity index (χ4v) is 1.12. The molecule has 0 saturated heterocycles. The number of alkyl halides is 6. The van der Waals surface area contributed by atoms with E-state index in [0.29, 0.717) is 7.11 Å². The minimum absolute atomic E-state index is 0.0177. The summed E-state index contributed by atoms with van der Waals surface area (Å²) in [6, 6.07) is 0. The third-order valence-electron chi connectivity index (χ3n) is 2.05. The van der Waals surface area contributed by atoms with E-state index in [-0.39, 0.29) is 19.3 Å². The molecule has 0 heterocycles. The van der Waals surface area contributed by atoms with E-state index in [0.717, 1.165) is 0 Å². The van der Waals surface area contributed by atoms with E-state index in [1.54, 1.807) is 0 Å². The van der Waals surface area contributed by atoms with Gasteiger partial charge in [-0.3, -0.25) is 0 Å². The zero-order chi connectivity index (χ0) is 12.8. The van der Waals surface area contributed by atoms with Crippen LogP contribution in [0.15, 0.2) is 0 Å². The highest BCUT2D eigenvalue weighted by Gasteiger charge is 2.39. The van der Waals surface area contributed by atoms with Gasteiger partial charge in [-0.05, 0) is 12.8 Å². The molecule has 16 heavy (non-hydrogen) atoms. The molecule has 1 unspecified atom stereocenters. The third-order valence-corrected chi connectivity index (χ3v) is 2.05. The zero-order valence-electron chi connectivity index (χ0n) is 8.79. The molecule has 7 heteroatoms. The summed E-state index contributed by atoms with van der Waals surface area (Å²) >= 11 is 0. The molecule has 0 aliphatic heterocycles. The molecule has 0 aromatic rings. The SMILES string of the molecule is COC(F)(F)C(F)CCCCCC(F)(F)F. The lowest BCUT2D eigenvalue weighted by molar-refractivity contribution is -0.260. The summed E-state index contributed by atoms with van der Waals surface area (Å²) < 4.78 is 76.3. The van der Waals surface area contributed by atoms with E-state index < -0.39 is 31.3 Å². The van der Waals surface area contributed by atoms with Crippen molar-refractivity contribution in [3.8, 4) is 0 Å². The highest BCUT2D eigenvalue weighted by Crippen LogP contribution is 2.27. The lowest BCUT2D eigenvalue weighted by Crippen LogP contribution is -2.31. The van der Waals surface area contributed by atoms with Crippen LogP contribution in [0.3, 0.4) is 0 Å². The summed E-state index contributed by atoms with van der Waals surface area (Å²) in [6.07, 6.45) is -12.2. The molecule has 0 aromatic heterocycles. The number of methoxy groups -OCH3 is 1. The van der Waals surface area contributed by atoms with Crippen molar-refractivity contribution in [3.05, 3.63) is 0 Å². The first-order valence-electron chi connectivity index (χ1n) is 4.83. The van der Waals surface area contributed by atoms with Crippen LogP contribution < -0.4 is 0 Å². The molecule has 98 valence electrons. The fourth-order valence-electron chi connectivity index (χ4n) is 1.12. The molecule has 1 nitrogen and oxygen atoms in total. The monoisotopic (exact) mass is 252 g/mol. The third kappa shape index (κ3) is 6.92. The maximum Gasteiger partial charge on any atom is 0.389 e. The number of halogens is 6. The van der Waals surface area contributed by atoms with E-state index in [1.165, 1.54) is 0 Å². The van der Waals surface area contributed by atoms with Gasteiger partial charge in [0.1, 0.15) is 0 Å². The average Bonchev–Trinajstić information content (AvgIpc) is 2.15. The van der Waals surface area contributed by atoms with Crippen LogP contribution in [0.1, 0.15) is 32.1 Å². The molecule has 1 atom stereocenters. The molecule has 0 saturated carbocycles. The van der Waals surface area contributed by atoms with Crippen molar-refractivity contribution in [2.45, 2.75) is 50.6 Å². The van der Waals surface area contributed by atoms with Crippen molar-refractivity contribution in [1.82, 2.24) is 0 Å². The Hall–Kier alpha value is -0.460. The number of hydrogen-bond acceptors (Lipinski definition) is 1. The predicted octanol–water partition coefficient (Wildman–Crippen LogP) is 4.08. The molecule has 0 aromatic carbocycles. The Bertz CT molecular complexity index is 191. The van der Waals surface area contributed by atoms with Crippen LogP contribution in [-0.2, 0) is 4.74 Å². The highest BCUT2D eigenvalue weighted by atomic mass is 19.4. The Morgan fingerprint density at radius 3 is 2.00 bits per heavy atom. The highest BCUT2D eigenvalue weighted by molar-refractivity contribution is 4.67. The molecule has 0 fully saturated rings. The maximum absolute atomic E-state index is 12.7. The van der Waals surface area contributed by atoms with Crippen LogP contribution in [0.25, 0.3) is 0 Å². The van der Waals surface area contributed by atoms with Gasteiger partial charge in [0.2, 0.25) is 0 Å². The number of ether oxygens (including phenoxy) is 1. The minimum Gasteiger partial charge on any atom is -0.322 e. The first-order valence-corrected chi connectivity index (χ1v) is 4.83. The van der Waals surface area contributed by atoms with Crippen molar-refractivity contribution < 1.29 is 31.1 Å². The average molecular weight is 252 g/mol. The van der Waals surface area contributed by atoms with E-state index in [9.17, 15) is 26.3 Å². The molecule has 0 rings (SSSR count). The van der Waals surface area contributed by atoms with Gasteiger partial charge in [0, 0.05) is 13.5 Å².